The first kappa shape index (κ1) is 17.3. The minimum Gasteiger partial charge on any atom is -0.368 e. The van der Waals surface area contributed by atoms with Crippen LogP contribution in [0.1, 0.15) is 12.8 Å². The molecule has 6 nitrogen and oxygen atoms in total. The normalized spacial score (nSPS) is 14.7. The van der Waals surface area contributed by atoms with Crippen LogP contribution in [0, 0.1) is 0 Å². The molecule has 0 radical (unpaired) electrons. The number of carbonyl (C=O) groups is 2. The highest BCUT2D eigenvalue weighted by Crippen LogP contribution is 2.15. The average Bonchev–Trinajstić information content (AvgIpc) is 2.60. The van der Waals surface area contributed by atoms with Crippen LogP contribution in [0.5, 0.6) is 0 Å². The van der Waals surface area contributed by atoms with E-state index in [-0.39, 0.29) is 11.8 Å². The van der Waals surface area contributed by atoms with Crippen LogP contribution in [0.4, 0.5) is 5.69 Å². The van der Waals surface area contributed by atoms with E-state index in [1.165, 1.54) is 5.69 Å². The van der Waals surface area contributed by atoms with Gasteiger partial charge in [0.25, 0.3) is 0 Å². The number of hydrogen-bond acceptors (Lipinski definition) is 4. The fourth-order valence-electron chi connectivity index (χ4n) is 2.70. The molecule has 0 aliphatic carbocycles. The average molecular weight is 318 g/mol. The largest absolute Gasteiger partial charge is 0.368 e. The van der Waals surface area contributed by atoms with Crippen molar-refractivity contribution in [1.82, 2.24) is 15.5 Å². The number of nitrogens with one attached hydrogen (secondary N) is 2. The number of hydrogen-bond donors (Lipinski definition) is 2. The number of nitrogens with zero attached hydrogens (tertiary/aromatic N) is 2. The van der Waals surface area contributed by atoms with E-state index in [1.54, 1.807) is 7.05 Å². The molecule has 1 aromatic carbocycles. The fraction of sp³-hybridized carbons (Fsp3) is 0.529. The molecular formula is C17H26N4O2. The van der Waals surface area contributed by atoms with Crippen molar-refractivity contribution >= 4 is 17.5 Å². The van der Waals surface area contributed by atoms with Gasteiger partial charge in [-0.15, -0.1) is 0 Å². The standard InChI is InChI=1S/C17H26N4O2/c1-18-14-16(22)19-9-5-8-17(23)21-12-10-20(11-13-21)15-6-3-2-4-7-15/h2-4,6-7,18H,5,8-14H2,1H3,(H,19,22). The highest BCUT2D eigenvalue weighted by atomic mass is 16.2. The third kappa shape index (κ3) is 5.56. The molecule has 2 rings (SSSR count). The van der Waals surface area contributed by atoms with Crippen molar-refractivity contribution in [2.45, 2.75) is 12.8 Å². The van der Waals surface area contributed by atoms with E-state index in [0.29, 0.717) is 25.9 Å². The number of carbonyl (C=O) groups excluding carboxylic acids is 2. The SMILES string of the molecule is CNCC(=O)NCCCC(=O)N1CCN(c2ccccc2)CC1. The van der Waals surface area contributed by atoms with Crippen molar-refractivity contribution in [2.24, 2.45) is 0 Å². The first-order chi connectivity index (χ1) is 11.2. The monoisotopic (exact) mass is 318 g/mol. The van der Waals surface area contributed by atoms with Gasteiger partial charge in [-0.25, -0.2) is 0 Å². The van der Waals surface area contributed by atoms with Crippen LogP contribution in [0.15, 0.2) is 30.3 Å². The highest BCUT2D eigenvalue weighted by Gasteiger charge is 2.20. The molecule has 126 valence electrons. The Hall–Kier alpha value is -2.08. The maximum Gasteiger partial charge on any atom is 0.233 e. The molecule has 23 heavy (non-hydrogen) atoms. The zero-order valence-electron chi connectivity index (χ0n) is 13.8. The number of rotatable bonds is 7. The zero-order valence-corrected chi connectivity index (χ0v) is 13.8. The third-order valence-electron chi connectivity index (χ3n) is 3.98. The van der Waals surface area contributed by atoms with Crippen LogP contribution in [0.2, 0.25) is 0 Å². The molecular weight excluding hydrogens is 292 g/mol. The summed E-state index contributed by atoms with van der Waals surface area (Å²) in [6, 6.07) is 10.3. The summed E-state index contributed by atoms with van der Waals surface area (Å²) in [5, 5.41) is 5.58. The van der Waals surface area contributed by atoms with Gasteiger partial charge >= 0.3 is 0 Å². The van der Waals surface area contributed by atoms with E-state index >= 15 is 0 Å². The second-order valence-corrected chi connectivity index (χ2v) is 5.69. The van der Waals surface area contributed by atoms with Crippen LogP contribution in [-0.4, -0.2) is 63.0 Å². The highest BCUT2D eigenvalue weighted by molar-refractivity contribution is 5.78. The summed E-state index contributed by atoms with van der Waals surface area (Å²) in [6.45, 7) is 4.13. The van der Waals surface area contributed by atoms with E-state index in [1.807, 2.05) is 23.1 Å². The summed E-state index contributed by atoms with van der Waals surface area (Å²) in [5.41, 5.74) is 1.21. The van der Waals surface area contributed by atoms with E-state index in [9.17, 15) is 9.59 Å². The van der Waals surface area contributed by atoms with E-state index in [0.717, 1.165) is 26.2 Å². The predicted molar refractivity (Wildman–Crippen MR) is 91.4 cm³/mol. The van der Waals surface area contributed by atoms with Crippen LogP contribution in [0.25, 0.3) is 0 Å². The van der Waals surface area contributed by atoms with Crippen molar-refractivity contribution in [3.63, 3.8) is 0 Å². The van der Waals surface area contributed by atoms with Crippen LogP contribution in [0.3, 0.4) is 0 Å². The molecule has 1 heterocycles. The lowest BCUT2D eigenvalue weighted by Gasteiger charge is -2.36. The van der Waals surface area contributed by atoms with Gasteiger partial charge in [0.2, 0.25) is 11.8 Å². The Morgan fingerprint density at radius 1 is 1.09 bits per heavy atom. The van der Waals surface area contributed by atoms with Gasteiger partial charge in [-0.05, 0) is 25.6 Å². The Morgan fingerprint density at radius 2 is 1.78 bits per heavy atom. The summed E-state index contributed by atoms with van der Waals surface area (Å²) < 4.78 is 0. The lowest BCUT2D eigenvalue weighted by molar-refractivity contribution is -0.131. The number of anilines is 1. The zero-order chi connectivity index (χ0) is 16.5. The molecule has 0 spiro atoms. The van der Waals surface area contributed by atoms with Crippen LogP contribution in [-0.2, 0) is 9.59 Å². The van der Waals surface area contributed by atoms with Gasteiger partial charge in [-0.2, -0.15) is 0 Å². The molecule has 1 saturated heterocycles. The molecule has 0 aromatic heterocycles. The second-order valence-electron chi connectivity index (χ2n) is 5.69. The molecule has 0 bridgehead atoms. The lowest BCUT2D eigenvalue weighted by atomic mass is 10.2. The van der Waals surface area contributed by atoms with Gasteiger partial charge in [0.15, 0.2) is 0 Å². The number of piperazine rings is 1. The Kier molecular flexibility index (Phi) is 6.87. The number of amides is 2. The van der Waals surface area contributed by atoms with E-state index < -0.39 is 0 Å². The summed E-state index contributed by atoms with van der Waals surface area (Å²) >= 11 is 0. The van der Waals surface area contributed by atoms with Crippen molar-refractivity contribution in [3.05, 3.63) is 30.3 Å². The second kappa shape index (κ2) is 9.15. The van der Waals surface area contributed by atoms with Gasteiger partial charge in [-0.3, -0.25) is 9.59 Å². The van der Waals surface area contributed by atoms with Crippen molar-refractivity contribution in [3.8, 4) is 0 Å². The molecule has 0 unspecified atom stereocenters. The minimum absolute atomic E-state index is 0.0311. The number of benzene rings is 1. The minimum atomic E-state index is -0.0311. The number of likely N-dealkylation sites (N-methyl/N-ethyl adjacent to an activating group) is 1. The first-order valence-electron chi connectivity index (χ1n) is 8.20. The quantitative estimate of drug-likeness (QED) is 0.717. The molecule has 2 amide bonds. The van der Waals surface area contributed by atoms with Crippen LogP contribution >= 0.6 is 0 Å². The maximum absolute atomic E-state index is 12.2. The van der Waals surface area contributed by atoms with Gasteiger partial charge in [0.05, 0.1) is 6.54 Å². The molecule has 1 aliphatic heterocycles. The van der Waals surface area contributed by atoms with Crippen molar-refractivity contribution in [2.75, 3.05) is 51.2 Å². The topological polar surface area (TPSA) is 64.7 Å². The van der Waals surface area contributed by atoms with Crippen molar-refractivity contribution < 1.29 is 9.59 Å². The van der Waals surface area contributed by atoms with Crippen molar-refractivity contribution in [1.29, 1.82) is 0 Å². The maximum atomic E-state index is 12.2. The molecule has 2 N–H and O–H groups in total. The summed E-state index contributed by atoms with van der Waals surface area (Å²) in [6.07, 6.45) is 1.18. The van der Waals surface area contributed by atoms with Gasteiger partial charge in [0, 0.05) is 44.8 Å². The fourth-order valence-corrected chi connectivity index (χ4v) is 2.70. The Bertz CT molecular complexity index is 499. The molecule has 1 aliphatic rings. The van der Waals surface area contributed by atoms with E-state index in [2.05, 4.69) is 27.7 Å². The molecule has 1 aromatic rings. The summed E-state index contributed by atoms with van der Waals surface area (Å²) in [7, 11) is 1.73. The molecule has 0 atom stereocenters. The molecule has 1 fully saturated rings. The van der Waals surface area contributed by atoms with Crippen LogP contribution < -0.4 is 15.5 Å². The molecule has 6 heteroatoms. The predicted octanol–water partition coefficient (Wildman–Crippen LogP) is 0.451. The van der Waals surface area contributed by atoms with Gasteiger partial charge in [0.1, 0.15) is 0 Å². The summed E-state index contributed by atoms with van der Waals surface area (Å²) in [4.78, 5) is 27.7. The lowest BCUT2D eigenvalue weighted by Crippen LogP contribution is -2.48. The van der Waals surface area contributed by atoms with Gasteiger partial charge < -0.3 is 20.4 Å². The number of para-hydroxylation sites is 1. The Labute approximate surface area is 137 Å². The Balaban J connectivity index is 1.65. The smallest absolute Gasteiger partial charge is 0.233 e. The molecule has 0 saturated carbocycles. The Morgan fingerprint density at radius 3 is 2.43 bits per heavy atom. The third-order valence-corrected chi connectivity index (χ3v) is 3.98. The van der Waals surface area contributed by atoms with E-state index in [4.69, 9.17) is 0 Å². The van der Waals surface area contributed by atoms with Gasteiger partial charge in [-0.1, -0.05) is 18.2 Å². The first-order valence-corrected chi connectivity index (χ1v) is 8.20. The summed E-state index contributed by atoms with van der Waals surface area (Å²) in [5.74, 6) is 0.150.